The van der Waals surface area contributed by atoms with Gasteiger partial charge in [-0.25, -0.2) is 0 Å². The molecule has 0 unspecified atom stereocenters. The second-order valence-electron chi connectivity index (χ2n) is 5.36. The van der Waals surface area contributed by atoms with Gasteiger partial charge in [0.1, 0.15) is 0 Å². The summed E-state index contributed by atoms with van der Waals surface area (Å²) in [5, 5.41) is 0. The average molecular weight is 274 g/mol. The van der Waals surface area contributed by atoms with Crippen LogP contribution in [0.4, 0.5) is 0 Å². The quantitative estimate of drug-likeness (QED) is 0.295. The fraction of sp³-hybridized carbons (Fsp3) is 0.706. The second-order valence-corrected chi connectivity index (χ2v) is 5.36. The molecule has 0 aliphatic carbocycles. The minimum Gasteiger partial charge on any atom is -0.369 e. The molecule has 0 aromatic carbocycles. The predicted octanol–water partition coefficient (Wildman–Crippen LogP) is 2.48. The monoisotopic (exact) mass is 274 g/mol. The zero-order valence-corrected chi connectivity index (χ0v) is 12.1. The summed E-state index contributed by atoms with van der Waals surface area (Å²) in [5.41, 5.74) is 0. The van der Waals surface area contributed by atoms with Crippen LogP contribution in [0.15, 0.2) is 0 Å². The topological polar surface area (TPSA) is 42.1 Å². The third-order valence-corrected chi connectivity index (χ3v) is 3.55. The molecule has 0 spiro atoms. The van der Waals surface area contributed by atoms with Gasteiger partial charge in [0.2, 0.25) is 5.78 Å². The lowest BCUT2D eigenvalue weighted by Crippen LogP contribution is -2.01. The molecule has 20 heavy (non-hydrogen) atoms. The molecule has 108 valence electrons. The molecule has 2 fully saturated rings. The van der Waals surface area contributed by atoms with Gasteiger partial charge < -0.3 is 9.47 Å². The van der Waals surface area contributed by atoms with Gasteiger partial charge in [0.15, 0.2) is 6.10 Å². The van der Waals surface area contributed by atoms with E-state index in [1.54, 1.807) is 0 Å². The highest BCUT2D eigenvalue weighted by molar-refractivity contribution is 6.00. The molecule has 2 aliphatic rings. The van der Waals surface area contributed by atoms with Crippen molar-refractivity contribution in [1.29, 1.82) is 0 Å². The molecule has 3 atom stereocenters. The molecule has 0 saturated carbocycles. The van der Waals surface area contributed by atoms with Crippen molar-refractivity contribution in [1.82, 2.24) is 0 Å². The highest BCUT2D eigenvalue weighted by Crippen LogP contribution is 2.29. The smallest absolute Gasteiger partial charge is 0.237 e. The number of Topliss-reactive ketones (excluding diaryl/α,β-unsaturated/α-hetero) is 1. The van der Waals surface area contributed by atoms with Gasteiger partial charge in [-0.1, -0.05) is 44.9 Å². The van der Waals surface area contributed by atoms with Gasteiger partial charge >= 0.3 is 0 Å². The first-order valence-corrected chi connectivity index (χ1v) is 7.61. The predicted molar refractivity (Wildman–Crippen MR) is 77.0 cm³/mol. The Hall–Kier alpha value is -1.29. The van der Waals surface area contributed by atoms with Crippen molar-refractivity contribution in [3.63, 3.8) is 0 Å². The first kappa shape index (κ1) is 15.1. The van der Waals surface area contributed by atoms with Crippen molar-refractivity contribution < 1.29 is 14.3 Å². The van der Waals surface area contributed by atoms with E-state index in [4.69, 9.17) is 9.47 Å². The van der Waals surface area contributed by atoms with Gasteiger partial charge in [0.25, 0.3) is 0 Å². The summed E-state index contributed by atoms with van der Waals surface area (Å²) in [7, 11) is 0. The Bertz CT molecular complexity index is 442. The fourth-order valence-electron chi connectivity index (χ4n) is 2.13. The second kappa shape index (κ2) is 8.10. The number of carbonyl (C=O) groups is 1. The molecule has 3 nitrogen and oxygen atoms in total. The van der Waals surface area contributed by atoms with E-state index in [1.165, 1.54) is 32.1 Å². The van der Waals surface area contributed by atoms with Crippen molar-refractivity contribution in [3.8, 4) is 23.7 Å². The van der Waals surface area contributed by atoms with E-state index in [2.05, 4.69) is 30.6 Å². The Morgan fingerprint density at radius 3 is 2.70 bits per heavy atom. The SMILES string of the molecule is CCCCCCC[C@H]1O[C@H]1CC#CC#CC(=O)[C@@H]1CO1. The van der Waals surface area contributed by atoms with Crippen LogP contribution in [0.1, 0.15) is 51.9 Å². The van der Waals surface area contributed by atoms with E-state index in [1.807, 2.05) is 0 Å². The van der Waals surface area contributed by atoms with Gasteiger partial charge in [-0.2, -0.15) is 0 Å². The molecular formula is C17H22O3. The molecule has 0 N–H and O–H groups in total. The van der Waals surface area contributed by atoms with E-state index >= 15 is 0 Å². The largest absolute Gasteiger partial charge is 0.369 e. The Balaban J connectivity index is 1.50. The van der Waals surface area contributed by atoms with Crippen molar-refractivity contribution >= 4 is 5.78 Å². The maximum Gasteiger partial charge on any atom is 0.237 e. The number of rotatable bonds is 8. The number of ether oxygens (including phenoxy) is 2. The maximum absolute atomic E-state index is 11.2. The highest BCUT2D eigenvalue weighted by atomic mass is 16.6. The van der Waals surface area contributed by atoms with Gasteiger partial charge in [-0.15, -0.1) is 0 Å². The van der Waals surface area contributed by atoms with E-state index in [0.29, 0.717) is 12.7 Å². The maximum atomic E-state index is 11.2. The van der Waals surface area contributed by atoms with Gasteiger partial charge in [-0.05, 0) is 24.2 Å². The van der Waals surface area contributed by atoms with Crippen LogP contribution in [-0.2, 0) is 14.3 Å². The third-order valence-electron chi connectivity index (χ3n) is 3.55. The molecule has 2 aliphatic heterocycles. The van der Waals surface area contributed by atoms with Crippen LogP contribution < -0.4 is 0 Å². The van der Waals surface area contributed by atoms with Gasteiger partial charge in [0.05, 0.1) is 18.8 Å². The lowest BCUT2D eigenvalue weighted by molar-refractivity contribution is -0.114. The van der Waals surface area contributed by atoms with E-state index in [-0.39, 0.29) is 18.0 Å². The van der Waals surface area contributed by atoms with Crippen LogP contribution in [0.25, 0.3) is 0 Å². The van der Waals surface area contributed by atoms with Crippen LogP contribution in [0.5, 0.6) is 0 Å². The van der Waals surface area contributed by atoms with Crippen molar-refractivity contribution in [2.45, 2.75) is 70.2 Å². The Kier molecular flexibility index (Phi) is 6.12. The summed E-state index contributed by atoms with van der Waals surface area (Å²) in [5.74, 6) is 10.6. The lowest BCUT2D eigenvalue weighted by Gasteiger charge is -1.96. The zero-order valence-electron chi connectivity index (χ0n) is 12.1. The standard InChI is InChI=1S/C17H22O3/c1-2-3-4-5-8-11-15-16(20-15)12-9-6-7-10-14(18)17-13-19-17/h15-17H,2-5,8,11-13H2,1H3/t15-,16+,17+/m1/s1. The summed E-state index contributed by atoms with van der Waals surface area (Å²) in [6, 6.07) is 0. The normalized spacial score (nSPS) is 25.9. The van der Waals surface area contributed by atoms with Crippen molar-refractivity contribution in [2.24, 2.45) is 0 Å². The molecule has 0 radical (unpaired) electrons. The summed E-state index contributed by atoms with van der Waals surface area (Å²) >= 11 is 0. The van der Waals surface area contributed by atoms with Gasteiger partial charge in [0, 0.05) is 6.42 Å². The minimum absolute atomic E-state index is 0.160. The molecule has 0 amide bonds. The Morgan fingerprint density at radius 1 is 1.15 bits per heavy atom. The highest BCUT2D eigenvalue weighted by Gasteiger charge is 2.36. The first-order valence-electron chi connectivity index (χ1n) is 7.61. The molecule has 3 heteroatoms. The summed E-state index contributed by atoms with van der Waals surface area (Å²) in [6.45, 7) is 2.74. The molecular weight excluding hydrogens is 252 g/mol. The summed E-state index contributed by atoms with van der Waals surface area (Å²) in [4.78, 5) is 11.2. The average Bonchev–Trinajstić information content (AvgIpc) is 3.33. The number of carbonyl (C=O) groups excluding carboxylic acids is 1. The number of epoxide rings is 2. The minimum atomic E-state index is -0.284. The summed E-state index contributed by atoms with van der Waals surface area (Å²) in [6.07, 6.45) is 8.81. The lowest BCUT2D eigenvalue weighted by atomic mass is 10.1. The number of hydrogen-bond donors (Lipinski definition) is 0. The third kappa shape index (κ3) is 5.78. The Morgan fingerprint density at radius 2 is 1.95 bits per heavy atom. The number of ketones is 1. The fourth-order valence-corrected chi connectivity index (χ4v) is 2.13. The van der Waals surface area contributed by atoms with Crippen LogP contribution in [-0.4, -0.2) is 30.7 Å². The molecule has 0 bridgehead atoms. The first-order chi connectivity index (χ1) is 9.81. The van der Waals surface area contributed by atoms with Crippen LogP contribution in [0, 0.1) is 23.7 Å². The molecule has 2 saturated heterocycles. The van der Waals surface area contributed by atoms with Crippen LogP contribution in [0.3, 0.4) is 0 Å². The Labute approximate surface area is 121 Å². The van der Waals surface area contributed by atoms with E-state index < -0.39 is 0 Å². The van der Waals surface area contributed by atoms with Gasteiger partial charge in [-0.3, -0.25) is 4.79 Å². The summed E-state index contributed by atoms with van der Waals surface area (Å²) < 4.78 is 10.4. The van der Waals surface area contributed by atoms with Crippen LogP contribution >= 0.6 is 0 Å². The number of hydrogen-bond acceptors (Lipinski definition) is 3. The number of unbranched alkanes of at least 4 members (excludes halogenated alkanes) is 4. The zero-order chi connectivity index (χ0) is 14.2. The van der Waals surface area contributed by atoms with Crippen LogP contribution in [0.2, 0.25) is 0 Å². The van der Waals surface area contributed by atoms with E-state index in [0.717, 1.165) is 12.8 Å². The molecule has 0 aromatic rings. The molecule has 2 rings (SSSR count). The van der Waals surface area contributed by atoms with Crippen molar-refractivity contribution in [3.05, 3.63) is 0 Å². The van der Waals surface area contributed by atoms with Crippen molar-refractivity contribution in [2.75, 3.05) is 6.61 Å². The molecule has 0 aromatic heterocycles. The van der Waals surface area contributed by atoms with E-state index in [9.17, 15) is 4.79 Å². The molecule has 2 heterocycles.